The maximum Gasteiger partial charge on any atom is 0.407 e. The first-order chi connectivity index (χ1) is 29.3. The van der Waals surface area contributed by atoms with E-state index in [0.717, 1.165) is 60.8 Å². The minimum absolute atomic E-state index is 0.0379. The molecule has 0 radical (unpaired) electrons. The molecule has 16 heteroatoms. The van der Waals surface area contributed by atoms with Crippen LogP contribution in [-0.4, -0.2) is 122 Å². The van der Waals surface area contributed by atoms with E-state index in [0.29, 0.717) is 62.7 Å². The van der Waals surface area contributed by atoms with Gasteiger partial charge in [-0.25, -0.2) is 19.2 Å². The maximum absolute atomic E-state index is 13.9. The predicted molar refractivity (Wildman–Crippen MR) is 219 cm³/mol. The third kappa shape index (κ3) is 10.2. The second-order valence-corrected chi connectivity index (χ2v) is 16.6. The van der Waals surface area contributed by atoms with Crippen LogP contribution in [0.1, 0.15) is 110 Å². The number of nitrogens with zero attached hydrogens (tertiary/aromatic N) is 2. The Labute approximate surface area is 355 Å². The number of esters is 2. The first-order valence-electron chi connectivity index (χ1n) is 21.2. The number of Topliss-reactive ketones (excluding diaryl/α,β-unsaturated/α-hetero) is 2. The molecule has 2 saturated heterocycles. The second kappa shape index (κ2) is 19.7. The average Bonchev–Trinajstić information content (AvgIpc) is 3.91. The van der Waals surface area contributed by atoms with Crippen molar-refractivity contribution in [2.24, 2.45) is 5.41 Å². The van der Waals surface area contributed by atoms with Crippen LogP contribution in [0.25, 0.3) is 11.1 Å². The lowest BCUT2D eigenvalue weighted by atomic mass is 9.82. The maximum atomic E-state index is 13.9. The largest absolute Gasteiger partial charge is 0.456 e. The van der Waals surface area contributed by atoms with Crippen LogP contribution in [-0.2, 0) is 51.0 Å². The summed E-state index contributed by atoms with van der Waals surface area (Å²) < 4.78 is 20.2. The number of carbonyl (C=O) groups excluding carboxylic acids is 8. The quantitative estimate of drug-likeness (QED) is 0.160. The van der Waals surface area contributed by atoms with Crippen molar-refractivity contribution in [1.29, 1.82) is 0 Å². The Morgan fingerprint density at radius 1 is 0.639 bits per heavy atom. The number of fused-ring (bicyclic) bond motifs is 1. The van der Waals surface area contributed by atoms with E-state index < -0.39 is 79.1 Å². The van der Waals surface area contributed by atoms with Crippen LogP contribution in [0.5, 0.6) is 0 Å². The molecular weight excluding hydrogens is 789 g/mol. The zero-order valence-corrected chi connectivity index (χ0v) is 35.4. The molecule has 328 valence electrons. The number of methoxy groups -OCH3 is 2. The highest BCUT2D eigenvalue weighted by molar-refractivity contribution is 6.02. The number of amides is 4. The molecule has 3 fully saturated rings. The lowest BCUT2D eigenvalue weighted by Crippen LogP contribution is -2.55. The summed E-state index contributed by atoms with van der Waals surface area (Å²) in [5, 5.41) is 4.87. The lowest BCUT2D eigenvalue weighted by molar-refractivity contribution is -0.156. The van der Waals surface area contributed by atoms with Gasteiger partial charge in [-0.3, -0.25) is 19.2 Å². The molecule has 61 heavy (non-hydrogen) atoms. The van der Waals surface area contributed by atoms with Crippen LogP contribution < -0.4 is 10.6 Å². The Hall–Kier alpha value is -5.80. The van der Waals surface area contributed by atoms with E-state index in [4.69, 9.17) is 9.47 Å². The van der Waals surface area contributed by atoms with Crippen molar-refractivity contribution in [1.82, 2.24) is 20.4 Å². The van der Waals surface area contributed by atoms with E-state index >= 15 is 0 Å². The molecule has 0 aromatic heterocycles. The molecule has 2 heterocycles. The summed E-state index contributed by atoms with van der Waals surface area (Å²) in [7, 11) is 2.39. The Kier molecular flexibility index (Phi) is 14.5. The Morgan fingerprint density at radius 3 is 1.64 bits per heavy atom. The molecule has 2 aliphatic carbocycles. The van der Waals surface area contributed by atoms with Crippen LogP contribution in [0.15, 0.2) is 36.4 Å². The minimum Gasteiger partial charge on any atom is -0.456 e. The van der Waals surface area contributed by atoms with Crippen LogP contribution in [0, 0.1) is 5.41 Å². The standard InChI is InChI=1S/C45H56N4O12/c1-27(46-43(56)58-3)39(52)48-21-9-5-11-35(48)41(54)60-25-37(50)30-15-13-29(14-16-30)31-17-18-32(34-24-45(23-33(31)34)19-7-8-20-45)38(51)26-61-42(55)36-12-6-10-22-49(36)40(53)28(2)47-44(57)59-4/h13-18,27-28,35-36H,5-12,19-26H2,1-4H3,(H,46,56)(H,47,57). The molecule has 4 atom stereocenters. The van der Waals surface area contributed by atoms with Gasteiger partial charge >= 0.3 is 24.1 Å². The third-order valence-corrected chi connectivity index (χ3v) is 12.6. The van der Waals surface area contributed by atoms with E-state index in [9.17, 15) is 38.4 Å². The number of benzene rings is 2. The molecule has 2 aliphatic heterocycles. The van der Waals surface area contributed by atoms with Gasteiger partial charge < -0.3 is 39.4 Å². The van der Waals surface area contributed by atoms with Gasteiger partial charge in [0.25, 0.3) is 0 Å². The highest BCUT2D eigenvalue weighted by atomic mass is 16.6. The zero-order valence-electron chi connectivity index (χ0n) is 35.4. The molecule has 4 unspecified atom stereocenters. The van der Waals surface area contributed by atoms with E-state index in [1.165, 1.54) is 37.9 Å². The van der Waals surface area contributed by atoms with E-state index in [1.54, 1.807) is 18.2 Å². The van der Waals surface area contributed by atoms with Crippen molar-refractivity contribution in [2.45, 2.75) is 115 Å². The number of hydrogen-bond acceptors (Lipinski definition) is 12. The molecule has 0 bridgehead atoms. The van der Waals surface area contributed by atoms with Crippen molar-refractivity contribution in [3.05, 3.63) is 58.7 Å². The Bertz CT molecular complexity index is 2030. The van der Waals surface area contributed by atoms with Gasteiger partial charge in [0.05, 0.1) is 14.2 Å². The van der Waals surface area contributed by atoms with Crippen molar-refractivity contribution in [2.75, 3.05) is 40.5 Å². The van der Waals surface area contributed by atoms with Crippen LogP contribution in [0.3, 0.4) is 0 Å². The molecule has 1 saturated carbocycles. The highest BCUT2D eigenvalue weighted by Gasteiger charge is 2.43. The fourth-order valence-electron chi connectivity index (χ4n) is 9.36. The molecule has 6 rings (SSSR count). The van der Waals surface area contributed by atoms with Crippen LogP contribution in [0.4, 0.5) is 9.59 Å². The third-order valence-electron chi connectivity index (χ3n) is 12.6. The van der Waals surface area contributed by atoms with Gasteiger partial charge in [-0.15, -0.1) is 0 Å². The fraction of sp³-hybridized carbons (Fsp3) is 0.556. The number of ether oxygens (including phenoxy) is 4. The molecule has 16 nitrogen and oxygen atoms in total. The van der Waals surface area contributed by atoms with Gasteiger partial charge in [-0.2, -0.15) is 0 Å². The molecular formula is C45H56N4O12. The normalized spacial score (nSPS) is 20.1. The van der Waals surface area contributed by atoms with E-state index in [2.05, 4.69) is 20.1 Å². The Balaban J connectivity index is 1.11. The number of hydrogen-bond donors (Lipinski definition) is 2. The van der Waals surface area contributed by atoms with Crippen molar-refractivity contribution >= 4 is 47.5 Å². The van der Waals surface area contributed by atoms with Crippen LogP contribution in [0.2, 0.25) is 0 Å². The summed E-state index contributed by atoms with van der Waals surface area (Å²) >= 11 is 0. The number of likely N-dealkylation sites (tertiary alicyclic amines) is 2. The monoisotopic (exact) mass is 844 g/mol. The molecule has 4 amide bonds. The predicted octanol–water partition coefficient (Wildman–Crippen LogP) is 4.72. The first kappa shape index (κ1) is 44.7. The molecule has 1 spiro atoms. The van der Waals surface area contributed by atoms with Gasteiger partial charge in [0, 0.05) is 24.2 Å². The molecule has 2 N–H and O–H groups in total. The highest BCUT2D eigenvalue weighted by Crippen LogP contribution is 2.51. The number of carbonyl (C=O) groups is 8. The Morgan fingerprint density at radius 2 is 1.13 bits per heavy atom. The lowest BCUT2D eigenvalue weighted by Gasteiger charge is -2.35. The van der Waals surface area contributed by atoms with Crippen molar-refractivity contribution < 1.29 is 57.3 Å². The molecule has 4 aliphatic rings. The number of alkyl carbamates (subject to hydrolysis) is 2. The fourth-order valence-corrected chi connectivity index (χ4v) is 9.36. The number of rotatable bonds is 13. The number of nitrogens with one attached hydrogen (secondary N) is 2. The summed E-state index contributed by atoms with van der Waals surface area (Å²) in [6, 6.07) is 7.12. The van der Waals surface area contributed by atoms with Crippen molar-refractivity contribution in [3.8, 4) is 11.1 Å². The van der Waals surface area contributed by atoms with Gasteiger partial charge in [-0.05, 0) is 106 Å². The van der Waals surface area contributed by atoms with E-state index in [1.807, 2.05) is 18.2 Å². The van der Waals surface area contributed by atoms with E-state index in [-0.39, 0.29) is 11.2 Å². The van der Waals surface area contributed by atoms with Crippen molar-refractivity contribution in [3.63, 3.8) is 0 Å². The van der Waals surface area contributed by atoms with Gasteiger partial charge in [0.15, 0.2) is 19.0 Å². The van der Waals surface area contributed by atoms with Gasteiger partial charge in [-0.1, -0.05) is 49.2 Å². The smallest absolute Gasteiger partial charge is 0.407 e. The minimum atomic E-state index is -0.917. The van der Waals surface area contributed by atoms with Gasteiger partial charge in [0.1, 0.15) is 24.2 Å². The zero-order chi connectivity index (χ0) is 43.8. The topological polar surface area (TPSA) is 204 Å². The summed E-state index contributed by atoms with van der Waals surface area (Å²) in [6.45, 7) is 2.68. The number of ketones is 2. The summed E-state index contributed by atoms with van der Waals surface area (Å²) in [5.41, 5.74) is 4.69. The second-order valence-electron chi connectivity index (χ2n) is 16.6. The van der Waals surface area contributed by atoms with Gasteiger partial charge in [0.2, 0.25) is 17.6 Å². The summed E-state index contributed by atoms with van der Waals surface area (Å²) in [6.07, 6.45) is 7.85. The summed E-state index contributed by atoms with van der Waals surface area (Å²) in [4.78, 5) is 106. The van der Waals surface area contributed by atoms with Crippen LogP contribution >= 0.6 is 0 Å². The number of piperidine rings is 2. The molecule has 2 aromatic rings. The average molecular weight is 845 g/mol. The molecule has 2 aromatic carbocycles. The SMILES string of the molecule is COC(=O)NC(C)C(=O)N1CCCCC1C(=O)OCC(=O)c1ccc(-c2ccc(C(=O)COC(=O)C3CCCCN3C(=O)C(C)NC(=O)OC)c3c2CC2(CCCC2)C3)cc1. The first-order valence-corrected chi connectivity index (χ1v) is 21.2. The summed E-state index contributed by atoms with van der Waals surface area (Å²) in [5.74, 6) is -2.97.